The van der Waals surface area contributed by atoms with E-state index in [1.165, 1.54) is 89.9 Å². The third-order valence-corrected chi connectivity index (χ3v) is 11.3. The molecular formula is C30H52N2O2. The summed E-state index contributed by atoms with van der Waals surface area (Å²) in [5.74, 6) is 2.63. The molecule has 1 saturated heterocycles. The van der Waals surface area contributed by atoms with Crippen molar-refractivity contribution in [1.82, 2.24) is 9.80 Å². The summed E-state index contributed by atoms with van der Waals surface area (Å²) in [6.45, 7) is 8.26. The highest BCUT2D eigenvalue weighted by atomic mass is 16.2. The van der Waals surface area contributed by atoms with Gasteiger partial charge in [0.1, 0.15) is 0 Å². The second kappa shape index (κ2) is 10.9. The zero-order valence-electron chi connectivity index (χ0n) is 22.7. The molecule has 34 heavy (non-hydrogen) atoms. The number of unbranched alkanes of at least 4 members (excludes halogenated alkanes) is 7. The van der Waals surface area contributed by atoms with Gasteiger partial charge in [-0.05, 0) is 80.0 Å². The Kier molecular flexibility index (Phi) is 8.35. The number of likely N-dealkylation sites (tertiary alicyclic amines) is 1. The summed E-state index contributed by atoms with van der Waals surface area (Å²) in [6, 6.07) is 0.867. The molecule has 1 heterocycles. The van der Waals surface area contributed by atoms with Crippen molar-refractivity contribution in [2.75, 3.05) is 13.6 Å². The van der Waals surface area contributed by atoms with Crippen molar-refractivity contribution in [2.45, 2.75) is 136 Å². The summed E-state index contributed by atoms with van der Waals surface area (Å²) < 4.78 is 0. The van der Waals surface area contributed by atoms with E-state index >= 15 is 0 Å². The summed E-state index contributed by atoms with van der Waals surface area (Å²) in [6.07, 6.45) is 21.0. The van der Waals surface area contributed by atoms with E-state index in [0.717, 1.165) is 43.6 Å². The molecule has 4 heteroatoms. The molecule has 4 aliphatic rings. The highest BCUT2D eigenvalue weighted by Gasteiger charge is 2.61. The number of rotatable bonds is 11. The van der Waals surface area contributed by atoms with Gasteiger partial charge in [-0.25, -0.2) is 0 Å². The van der Waals surface area contributed by atoms with Crippen LogP contribution in [0.3, 0.4) is 0 Å². The maximum Gasteiger partial charge on any atom is 0.222 e. The maximum atomic E-state index is 12.4. The Morgan fingerprint density at radius 3 is 2.26 bits per heavy atom. The van der Waals surface area contributed by atoms with E-state index in [0.29, 0.717) is 18.0 Å². The van der Waals surface area contributed by atoms with Crippen molar-refractivity contribution in [2.24, 2.45) is 28.6 Å². The van der Waals surface area contributed by atoms with E-state index in [9.17, 15) is 9.59 Å². The van der Waals surface area contributed by atoms with E-state index < -0.39 is 0 Å². The van der Waals surface area contributed by atoms with Crippen LogP contribution in [0.25, 0.3) is 0 Å². The Hall–Kier alpha value is -1.06. The molecule has 1 aliphatic heterocycles. The summed E-state index contributed by atoms with van der Waals surface area (Å²) in [7, 11) is 2.05. The average Bonchev–Trinajstić information content (AvgIpc) is 3.18. The lowest BCUT2D eigenvalue weighted by Crippen LogP contribution is -2.62. The van der Waals surface area contributed by atoms with Crippen LogP contribution in [-0.4, -0.2) is 47.8 Å². The number of hydrogen-bond acceptors (Lipinski definition) is 2. The molecular weight excluding hydrogens is 420 g/mol. The molecule has 4 fully saturated rings. The molecule has 4 nitrogen and oxygen atoms in total. The van der Waals surface area contributed by atoms with Crippen molar-refractivity contribution < 1.29 is 9.59 Å². The third-order valence-electron chi connectivity index (χ3n) is 11.3. The summed E-state index contributed by atoms with van der Waals surface area (Å²) in [5.41, 5.74) is 0.564. The Morgan fingerprint density at radius 1 is 0.882 bits per heavy atom. The van der Waals surface area contributed by atoms with Crippen LogP contribution in [-0.2, 0) is 9.59 Å². The predicted molar refractivity (Wildman–Crippen MR) is 139 cm³/mol. The lowest BCUT2D eigenvalue weighted by atomic mass is 9.47. The monoisotopic (exact) mass is 472 g/mol. The highest BCUT2D eigenvalue weighted by Crippen LogP contribution is 2.65. The first-order chi connectivity index (χ1) is 16.4. The van der Waals surface area contributed by atoms with E-state index in [4.69, 9.17) is 0 Å². The van der Waals surface area contributed by atoms with E-state index in [-0.39, 0.29) is 10.8 Å². The Balaban J connectivity index is 1.35. The normalized spacial score (nSPS) is 39.4. The molecule has 2 amide bonds. The number of carbonyl (C=O) groups excluding carboxylic acids is 2. The number of hydrogen-bond donors (Lipinski definition) is 0. The fourth-order valence-electron chi connectivity index (χ4n) is 9.38. The van der Waals surface area contributed by atoms with Crippen LogP contribution < -0.4 is 0 Å². The number of amides is 2. The molecule has 194 valence electrons. The molecule has 0 radical (unpaired) electrons. The largest absolute Gasteiger partial charge is 0.342 e. The van der Waals surface area contributed by atoms with Gasteiger partial charge in [0, 0.05) is 32.1 Å². The standard InChI is InChI=1S/C30H52N2O2/c1-5-6-7-8-9-10-11-12-21-32(22-33)27-16-14-24-23-13-15-26-29(2,20-18-28(34)31(26)4)25(23)17-19-30(24,27)3/h22-27H,5-21H2,1-4H3/t23-,24-,25-,26+,27?,29+,30-/m0/s1. The number of fused-ring (bicyclic) bond motifs is 5. The minimum atomic E-state index is 0.280. The molecule has 0 aromatic heterocycles. The maximum absolute atomic E-state index is 12.4. The van der Waals surface area contributed by atoms with E-state index in [1.807, 2.05) is 0 Å². The van der Waals surface area contributed by atoms with Crippen LogP contribution in [0.4, 0.5) is 0 Å². The molecule has 1 unspecified atom stereocenters. The van der Waals surface area contributed by atoms with Gasteiger partial charge >= 0.3 is 0 Å². The fourth-order valence-corrected chi connectivity index (χ4v) is 9.38. The number of nitrogens with zero attached hydrogens (tertiary/aromatic N) is 2. The quantitative estimate of drug-likeness (QED) is 0.245. The van der Waals surface area contributed by atoms with Crippen molar-refractivity contribution in [3.8, 4) is 0 Å². The van der Waals surface area contributed by atoms with Crippen molar-refractivity contribution in [1.29, 1.82) is 0 Å². The minimum Gasteiger partial charge on any atom is -0.342 e. The van der Waals surface area contributed by atoms with Crippen LogP contribution in [0, 0.1) is 28.6 Å². The molecule has 0 aromatic carbocycles. The SMILES string of the molecule is CCCCCCCCCCN(C=O)C1CC[C@H]2[C@@H]3CC[C@H]4N(C)C(=O)CC[C@]4(C)[C@H]3CC[C@]12C. The van der Waals surface area contributed by atoms with Gasteiger partial charge in [0.15, 0.2) is 0 Å². The molecule has 4 rings (SSSR count). The average molecular weight is 473 g/mol. The molecule has 3 aliphatic carbocycles. The number of piperidine rings is 1. The van der Waals surface area contributed by atoms with E-state index in [1.54, 1.807) is 0 Å². The molecule has 3 saturated carbocycles. The zero-order valence-corrected chi connectivity index (χ0v) is 22.7. The minimum absolute atomic E-state index is 0.280. The first-order valence-corrected chi connectivity index (χ1v) is 14.8. The van der Waals surface area contributed by atoms with Gasteiger partial charge in [0.2, 0.25) is 12.3 Å². The Bertz CT molecular complexity index is 710. The first-order valence-electron chi connectivity index (χ1n) is 14.8. The summed E-state index contributed by atoms with van der Waals surface area (Å²) >= 11 is 0. The fraction of sp³-hybridized carbons (Fsp3) is 0.933. The predicted octanol–water partition coefficient (Wildman–Crippen LogP) is 6.82. The summed E-state index contributed by atoms with van der Waals surface area (Å²) in [5, 5.41) is 0. The molecule has 7 atom stereocenters. The van der Waals surface area contributed by atoms with Gasteiger partial charge in [-0.15, -0.1) is 0 Å². The van der Waals surface area contributed by atoms with Crippen molar-refractivity contribution >= 4 is 12.3 Å². The number of carbonyl (C=O) groups is 2. The lowest BCUT2D eigenvalue weighted by molar-refractivity contribution is -0.159. The first kappa shape index (κ1) is 26.0. The van der Waals surface area contributed by atoms with Gasteiger partial charge in [-0.1, -0.05) is 65.7 Å². The molecule has 0 bridgehead atoms. The van der Waals surface area contributed by atoms with Crippen LogP contribution in [0.5, 0.6) is 0 Å². The lowest BCUT2D eigenvalue weighted by Gasteiger charge is -2.62. The van der Waals surface area contributed by atoms with Crippen LogP contribution in [0.1, 0.15) is 124 Å². The Labute approximate surface area is 209 Å². The van der Waals surface area contributed by atoms with Gasteiger partial charge in [0.25, 0.3) is 0 Å². The third kappa shape index (κ3) is 4.69. The zero-order chi connectivity index (χ0) is 24.3. The second-order valence-corrected chi connectivity index (χ2v) is 12.9. The van der Waals surface area contributed by atoms with Crippen LogP contribution in [0.2, 0.25) is 0 Å². The van der Waals surface area contributed by atoms with Crippen LogP contribution >= 0.6 is 0 Å². The topological polar surface area (TPSA) is 40.6 Å². The molecule has 0 aromatic rings. The highest BCUT2D eigenvalue weighted by molar-refractivity contribution is 5.77. The Morgan fingerprint density at radius 2 is 1.56 bits per heavy atom. The van der Waals surface area contributed by atoms with Crippen molar-refractivity contribution in [3.05, 3.63) is 0 Å². The van der Waals surface area contributed by atoms with Gasteiger partial charge in [-0.3, -0.25) is 9.59 Å². The van der Waals surface area contributed by atoms with Gasteiger partial charge in [0.05, 0.1) is 0 Å². The van der Waals surface area contributed by atoms with Crippen LogP contribution in [0.15, 0.2) is 0 Å². The summed E-state index contributed by atoms with van der Waals surface area (Å²) in [4.78, 5) is 29.0. The van der Waals surface area contributed by atoms with E-state index in [2.05, 4.69) is 37.6 Å². The second-order valence-electron chi connectivity index (χ2n) is 12.9. The molecule has 0 spiro atoms. The van der Waals surface area contributed by atoms with Gasteiger partial charge < -0.3 is 9.80 Å². The van der Waals surface area contributed by atoms with Gasteiger partial charge in [-0.2, -0.15) is 0 Å². The smallest absolute Gasteiger partial charge is 0.222 e. The molecule has 0 N–H and O–H groups in total. The van der Waals surface area contributed by atoms with Crippen molar-refractivity contribution in [3.63, 3.8) is 0 Å².